The molecule has 2 unspecified atom stereocenters. The number of hydrogen-bond acceptors (Lipinski definition) is 2. The number of aromatic hydroxyl groups is 1. The summed E-state index contributed by atoms with van der Waals surface area (Å²) >= 11 is 0. The molecule has 6 rings (SSSR count). The molecule has 4 aliphatic carbocycles. The van der Waals surface area contributed by atoms with Crippen LogP contribution in [0.25, 0.3) is 0 Å². The Morgan fingerprint density at radius 1 is 0.962 bits per heavy atom. The van der Waals surface area contributed by atoms with E-state index >= 15 is 0 Å². The number of benzene rings is 2. The SMILES string of the molecule is Oc1ccc2c(c1)CCC1C3CC[C@@H]4C[C@]34C[C@H](Oc3ccccc3)[C@H]21. The molecule has 4 aliphatic rings. The van der Waals surface area contributed by atoms with Crippen molar-refractivity contribution in [2.75, 3.05) is 0 Å². The fourth-order valence-corrected chi connectivity index (χ4v) is 7.04. The zero-order valence-corrected chi connectivity index (χ0v) is 15.1. The topological polar surface area (TPSA) is 29.5 Å². The maximum atomic E-state index is 9.95. The van der Waals surface area contributed by atoms with E-state index in [4.69, 9.17) is 4.74 Å². The predicted molar refractivity (Wildman–Crippen MR) is 101 cm³/mol. The van der Waals surface area contributed by atoms with E-state index in [1.807, 2.05) is 12.1 Å². The third-order valence-electron chi connectivity index (χ3n) is 8.07. The highest BCUT2D eigenvalue weighted by Gasteiger charge is 2.68. The van der Waals surface area contributed by atoms with Crippen LogP contribution in [-0.4, -0.2) is 11.2 Å². The Labute approximate surface area is 155 Å². The Bertz CT molecular complexity index is 845. The van der Waals surface area contributed by atoms with Crippen LogP contribution in [0.2, 0.25) is 0 Å². The first-order chi connectivity index (χ1) is 12.7. The van der Waals surface area contributed by atoms with Gasteiger partial charge in [-0.1, -0.05) is 24.3 Å². The van der Waals surface area contributed by atoms with E-state index < -0.39 is 0 Å². The second-order valence-electron chi connectivity index (χ2n) is 9.10. The molecule has 3 saturated carbocycles. The summed E-state index contributed by atoms with van der Waals surface area (Å²) in [7, 11) is 0. The fraction of sp³-hybridized carbons (Fsp3) is 0.500. The van der Waals surface area contributed by atoms with Gasteiger partial charge in [-0.25, -0.2) is 0 Å². The molecule has 2 heteroatoms. The van der Waals surface area contributed by atoms with Gasteiger partial charge >= 0.3 is 0 Å². The van der Waals surface area contributed by atoms with E-state index in [0.29, 0.717) is 17.1 Å². The number of fused-ring (bicyclic) bond motifs is 4. The van der Waals surface area contributed by atoms with Gasteiger partial charge in [-0.3, -0.25) is 0 Å². The number of aryl methyl sites for hydroxylation is 1. The summed E-state index contributed by atoms with van der Waals surface area (Å²) in [5, 5.41) is 9.95. The lowest BCUT2D eigenvalue weighted by molar-refractivity contribution is 0.00359. The first kappa shape index (κ1) is 15.1. The molecular formula is C24H26O2. The summed E-state index contributed by atoms with van der Waals surface area (Å²) in [6.45, 7) is 0. The van der Waals surface area contributed by atoms with Crippen molar-refractivity contribution >= 4 is 0 Å². The Morgan fingerprint density at radius 3 is 2.69 bits per heavy atom. The highest BCUT2D eigenvalue weighted by Crippen LogP contribution is 2.75. The molecule has 3 fully saturated rings. The van der Waals surface area contributed by atoms with E-state index in [-0.39, 0.29) is 6.10 Å². The minimum absolute atomic E-state index is 0.269. The van der Waals surface area contributed by atoms with Gasteiger partial charge in [-0.2, -0.15) is 0 Å². The molecule has 0 heterocycles. The number of phenolic OH excluding ortho intramolecular Hbond substituents is 1. The van der Waals surface area contributed by atoms with Gasteiger partial charge in [0, 0.05) is 5.92 Å². The minimum Gasteiger partial charge on any atom is -0.508 e. The second-order valence-corrected chi connectivity index (χ2v) is 9.10. The van der Waals surface area contributed by atoms with E-state index in [9.17, 15) is 5.11 Å². The van der Waals surface area contributed by atoms with Crippen molar-refractivity contribution in [2.24, 2.45) is 23.2 Å². The lowest BCUT2D eigenvalue weighted by Crippen LogP contribution is -2.46. The molecule has 2 nitrogen and oxygen atoms in total. The van der Waals surface area contributed by atoms with Crippen LogP contribution in [0.5, 0.6) is 11.5 Å². The molecule has 1 spiro atoms. The van der Waals surface area contributed by atoms with Gasteiger partial charge in [-0.15, -0.1) is 0 Å². The lowest BCUT2D eigenvalue weighted by Gasteiger charge is -2.49. The monoisotopic (exact) mass is 346 g/mol. The highest BCUT2D eigenvalue weighted by molar-refractivity contribution is 5.42. The highest BCUT2D eigenvalue weighted by atomic mass is 16.5. The number of ether oxygens (including phenoxy) is 1. The van der Waals surface area contributed by atoms with Gasteiger partial charge in [0.25, 0.3) is 0 Å². The zero-order valence-electron chi connectivity index (χ0n) is 15.1. The van der Waals surface area contributed by atoms with Gasteiger partial charge in [-0.05, 0) is 97.1 Å². The van der Waals surface area contributed by atoms with Crippen LogP contribution in [0.1, 0.15) is 49.1 Å². The first-order valence-corrected chi connectivity index (χ1v) is 10.3. The van der Waals surface area contributed by atoms with Crippen molar-refractivity contribution in [3.05, 3.63) is 59.7 Å². The zero-order chi connectivity index (χ0) is 17.3. The van der Waals surface area contributed by atoms with Crippen LogP contribution in [0.4, 0.5) is 0 Å². The molecule has 0 aromatic heterocycles. The third kappa shape index (κ3) is 2.05. The summed E-state index contributed by atoms with van der Waals surface area (Å²) in [6, 6.07) is 16.4. The molecule has 6 atom stereocenters. The number of para-hydroxylation sites is 1. The van der Waals surface area contributed by atoms with Gasteiger partial charge in [0.15, 0.2) is 0 Å². The summed E-state index contributed by atoms with van der Waals surface area (Å²) in [5.74, 6) is 4.51. The van der Waals surface area contributed by atoms with E-state index in [1.165, 1.54) is 43.2 Å². The van der Waals surface area contributed by atoms with Crippen molar-refractivity contribution in [2.45, 2.75) is 50.5 Å². The molecule has 0 aliphatic heterocycles. The van der Waals surface area contributed by atoms with Crippen LogP contribution in [-0.2, 0) is 6.42 Å². The maximum absolute atomic E-state index is 9.95. The van der Waals surface area contributed by atoms with Crippen LogP contribution < -0.4 is 4.74 Å². The molecule has 0 bridgehead atoms. The van der Waals surface area contributed by atoms with Crippen LogP contribution in [0.3, 0.4) is 0 Å². The second kappa shape index (κ2) is 5.28. The summed E-state index contributed by atoms with van der Waals surface area (Å²) in [4.78, 5) is 0. The molecule has 2 aromatic carbocycles. The first-order valence-electron chi connectivity index (χ1n) is 10.3. The summed E-state index contributed by atoms with van der Waals surface area (Å²) in [5.41, 5.74) is 3.38. The maximum Gasteiger partial charge on any atom is 0.119 e. The molecule has 0 saturated heterocycles. The lowest BCUT2D eigenvalue weighted by atomic mass is 9.57. The molecule has 0 amide bonds. The molecule has 0 radical (unpaired) electrons. The van der Waals surface area contributed by atoms with E-state index in [2.05, 4.69) is 36.4 Å². The van der Waals surface area contributed by atoms with Crippen molar-refractivity contribution in [1.82, 2.24) is 0 Å². The van der Waals surface area contributed by atoms with E-state index in [0.717, 1.165) is 29.9 Å². The van der Waals surface area contributed by atoms with Gasteiger partial charge in [0.1, 0.15) is 17.6 Å². The molecular weight excluding hydrogens is 320 g/mol. The number of hydrogen-bond donors (Lipinski definition) is 1. The van der Waals surface area contributed by atoms with Crippen LogP contribution in [0, 0.1) is 23.2 Å². The average Bonchev–Trinajstić information content (AvgIpc) is 3.23. The summed E-state index contributed by atoms with van der Waals surface area (Å²) < 4.78 is 6.65. The molecule has 2 aromatic rings. The summed E-state index contributed by atoms with van der Waals surface area (Å²) in [6.07, 6.45) is 8.17. The molecule has 134 valence electrons. The largest absolute Gasteiger partial charge is 0.508 e. The number of rotatable bonds is 2. The Kier molecular flexibility index (Phi) is 3.07. The minimum atomic E-state index is 0.269. The van der Waals surface area contributed by atoms with Gasteiger partial charge < -0.3 is 9.84 Å². The Hall–Kier alpha value is -1.96. The van der Waals surface area contributed by atoms with Crippen molar-refractivity contribution in [1.29, 1.82) is 0 Å². The Balaban J connectivity index is 1.43. The quantitative estimate of drug-likeness (QED) is 0.799. The smallest absolute Gasteiger partial charge is 0.119 e. The standard InChI is InChI=1S/C24H26O2/c25-17-8-10-19-15(12-17)6-9-20-21-11-7-16-13-24(16,21)14-22(23(19)20)26-18-4-2-1-3-5-18/h1-5,8,10,12,16,20-23,25H,6-7,9,11,13-14H2/t16-,20?,21?,22+,23-,24-/m1/s1. The Morgan fingerprint density at radius 2 is 1.85 bits per heavy atom. The average molecular weight is 346 g/mol. The predicted octanol–water partition coefficient (Wildman–Crippen LogP) is 5.31. The van der Waals surface area contributed by atoms with Crippen molar-refractivity contribution < 1.29 is 9.84 Å². The van der Waals surface area contributed by atoms with Gasteiger partial charge in [0.05, 0.1) is 0 Å². The van der Waals surface area contributed by atoms with E-state index in [1.54, 1.807) is 0 Å². The van der Waals surface area contributed by atoms with Crippen molar-refractivity contribution in [3.63, 3.8) is 0 Å². The normalized spacial score (nSPS) is 39.3. The van der Waals surface area contributed by atoms with Crippen LogP contribution in [0.15, 0.2) is 48.5 Å². The van der Waals surface area contributed by atoms with Gasteiger partial charge in [0.2, 0.25) is 0 Å². The van der Waals surface area contributed by atoms with Crippen LogP contribution >= 0.6 is 0 Å². The van der Waals surface area contributed by atoms with Crippen molar-refractivity contribution in [3.8, 4) is 11.5 Å². The fourth-order valence-electron chi connectivity index (χ4n) is 7.04. The number of phenols is 1. The molecule has 1 N–H and O–H groups in total. The third-order valence-corrected chi connectivity index (χ3v) is 8.07. The molecule has 26 heavy (non-hydrogen) atoms.